The number of rotatable bonds is 3. The predicted molar refractivity (Wildman–Crippen MR) is 101 cm³/mol. The van der Waals surface area contributed by atoms with Crippen molar-refractivity contribution in [3.8, 4) is 5.69 Å². The predicted octanol–water partition coefficient (Wildman–Crippen LogP) is 5.11. The molecule has 1 aromatic heterocycles. The molecule has 124 valence electrons. The Bertz CT molecular complexity index is 957. The molecular weight excluding hydrogens is 394 g/mol. The first kappa shape index (κ1) is 17.0. The zero-order valence-electron chi connectivity index (χ0n) is 11.9. The monoisotopic (exact) mass is 402 g/mol. The van der Waals surface area contributed by atoms with Gasteiger partial charge in [0.15, 0.2) is 0 Å². The number of aromatic nitrogens is 2. The molecule has 0 aliphatic carbocycles. The van der Waals surface area contributed by atoms with Gasteiger partial charge in [-0.3, -0.25) is 9.89 Å². The van der Waals surface area contributed by atoms with E-state index in [4.69, 9.17) is 52.1 Å². The maximum absolute atomic E-state index is 12.3. The summed E-state index contributed by atoms with van der Waals surface area (Å²) in [4.78, 5) is 12.3. The molecule has 0 aliphatic rings. The minimum absolute atomic E-state index is 0.241. The Morgan fingerprint density at radius 3 is 2.29 bits per heavy atom. The van der Waals surface area contributed by atoms with Gasteiger partial charge in [-0.05, 0) is 30.3 Å². The van der Waals surface area contributed by atoms with Crippen molar-refractivity contribution in [2.45, 2.75) is 0 Å². The van der Waals surface area contributed by atoms with Crippen molar-refractivity contribution in [2.75, 3.05) is 11.1 Å². The van der Waals surface area contributed by atoms with Crippen molar-refractivity contribution in [3.05, 3.63) is 66.8 Å². The van der Waals surface area contributed by atoms with E-state index in [1.165, 1.54) is 22.9 Å². The molecule has 0 aliphatic heterocycles. The Morgan fingerprint density at radius 2 is 1.62 bits per heavy atom. The van der Waals surface area contributed by atoms with Gasteiger partial charge in [0, 0.05) is 16.8 Å². The first-order valence-electron chi connectivity index (χ1n) is 6.64. The summed E-state index contributed by atoms with van der Waals surface area (Å²) < 4.78 is 1.21. The van der Waals surface area contributed by atoms with E-state index in [1.54, 1.807) is 18.2 Å². The van der Waals surface area contributed by atoms with E-state index in [-0.39, 0.29) is 15.6 Å². The van der Waals surface area contributed by atoms with Crippen molar-refractivity contribution in [2.24, 2.45) is 0 Å². The molecule has 0 bridgehead atoms. The lowest BCUT2D eigenvalue weighted by atomic mass is 10.3. The average Bonchev–Trinajstić information content (AvgIpc) is 2.82. The Balaban J connectivity index is 2.03. The van der Waals surface area contributed by atoms with Crippen LogP contribution in [0.2, 0.25) is 20.1 Å². The Morgan fingerprint density at radius 1 is 0.958 bits per heavy atom. The van der Waals surface area contributed by atoms with Crippen LogP contribution in [0, 0.1) is 0 Å². The molecule has 0 unspecified atom stereocenters. The lowest BCUT2D eigenvalue weighted by Crippen LogP contribution is -2.14. The SMILES string of the molecule is Nc1ccc(Cl)c(Nc2cc(=O)n(-c3c(Cl)cc(Cl)cc3Cl)[nH]2)c1. The lowest BCUT2D eigenvalue weighted by Gasteiger charge is -2.09. The minimum atomic E-state index is -0.358. The number of H-pyrrole nitrogens is 1. The second-order valence-corrected chi connectivity index (χ2v) is 6.58. The number of nitrogens with two attached hydrogens (primary N) is 1. The van der Waals surface area contributed by atoms with Gasteiger partial charge in [0.2, 0.25) is 0 Å². The molecule has 3 aromatic rings. The van der Waals surface area contributed by atoms with Gasteiger partial charge in [-0.1, -0.05) is 46.4 Å². The standard InChI is InChI=1S/C15H10Cl4N4O/c16-7-3-10(18)15(11(19)4-7)23-14(24)6-13(22-23)21-12-5-8(20)1-2-9(12)17/h1-6,21-22H,20H2. The molecule has 0 spiro atoms. The fraction of sp³-hybridized carbons (Fsp3) is 0. The van der Waals surface area contributed by atoms with Crippen LogP contribution in [0.3, 0.4) is 0 Å². The molecule has 9 heteroatoms. The highest BCUT2D eigenvalue weighted by molar-refractivity contribution is 6.40. The molecular formula is C15H10Cl4N4O. The van der Waals surface area contributed by atoms with Crippen LogP contribution < -0.4 is 16.6 Å². The third kappa shape index (κ3) is 3.35. The highest BCUT2D eigenvalue weighted by Gasteiger charge is 2.14. The summed E-state index contributed by atoms with van der Waals surface area (Å²) in [7, 11) is 0. The molecule has 2 aromatic carbocycles. The number of nitrogens with zero attached hydrogens (tertiary/aromatic N) is 1. The molecule has 5 nitrogen and oxygen atoms in total. The van der Waals surface area contributed by atoms with E-state index in [9.17, 15) is 4.79 Å². The van der Waals surface area contributed by atoms with Crippen LogP contribution in [0.4, 0.5) is 17.2 Å². The van der Waals surface area contributed by atoms with Crippen molar-refractivity contribution >= 4 is 63.6 Å². The van der Waals surface area contributed by atoms with Crippen LogP contribution in [0.25, 0.3) is 5.69 Å². The highest BCUT2D eigenvalue weighted by atomic mass is 35.5. The van der Waals surface area contributed by atoms with Crippen LogP contribution in [-0.2, 0) is 0 Å². The summed E-state index contributed by atoms with van der Waals surface area (Å²) in [5.41, 5.74) is 6.77. The van der Waals surface area contributed by atoms with Crippen molar-refractivity contribution in [3.63, 3.8) is 0 Å². The fourth-order valence-corrected chi connectivity index (χ4v) is 3.31. The Labute approximate surface area is 156 Å². The summed E-state index contributed by atoms with van der Waals surface area (Å²) in [6.45, 7) is 0. The largest absolute Gasteiger partial charge is 0.399 e. The van der Waals surface area contributed by atoms with E-state index in [1.807, 2.05) is 0 Å². The number of anilines is 3. The Kier molecular flexibility index (Phi) is 4.69. The highest BCUT2D eigenvalue weighted by Crippen LogP contribution is 2.32. The topological polar surface area (TPSA) is 75.8 Å². The van der Waals surface area contributed by atoms with Crippen molar-refractivity contribution in [1.82, 2.24) is 9.78 Å². The smallest absolute Gasteiger partial charge is 0.273 e. The number of nitrogens with one attached hydrogen (secondary N) is 2. The van der Waals surface area contributed by atoms with Crippen LogP contribution in [-0.4, -0.2) is 9.78 Å². The zero-order chi connectivity index (χ0) is 17.4. The molecule has 4 N–H and O–H groups in total. The zero-order valence-corrected chi connectivity index (χ0v) is 14.9. The van der Waals surface area contributed by atoms with E-state index in [0.29, 0.717) is 32.9 Å². The lowest BCUT2D eigenvalue weighted by molar-refractivity contribution is 0.853. The molecule has 0 saturated heterocycles. The number of benzene rings is 2. The number of halogens is 4. The number of nitrogen functional groups attached to an aromatic ring is 1. The van der Waals surface area contributed by atoms with E-state index < -0.39 is 0 Å². The first-order chi connectivity index (χ1) is 11.3. The molecule has 0 radical (unpaired) electrons. The van der Waals surface area contributed by atoms with Gasteiger partial charge in [-0.15, -0.1) is 0 Å². The average molecular weight is 404 g/mol. The van der Waals surface area contributed by atoms with Gasteiger partial charge in [-0.2, -0.15) is 0 Å². The number of hydrogen-bond acceptors (Lipinski definition) is 3. The van der Waals surface area contributed by atoms with Crippen molar-refractivity contribution in [1.29, 1.82) is 0 Å². The third-order valence-corrected chi connectivity index (χ3v) is 4.31. The van der Waals surface area contributed by atoms with E-state index in [2.05, 4.69) is 10.4 Å². The van der Waals surface area contributed by atoms with Gasteiger partial charge in [0.25, 0.3) is 5.56 Å². The summed E-state index contributed by atoms with van der Waals surface area (Å²) >= 11 is 24.3. The summed E-state index contributed by atoms with van der Waals surface area (Å²) in [5.74, 6) is 0.398. The van der Waals surface area contributed by atoms with Gasteiger partial charge >= 0.3 is 0 Å². The second kappa shape index (κ2) is 6.61. The Hall–Kier alpha value is -1.79. The van der Waals surface area contributed by atoms with Crippen molar-refractivity contribution < 1.29 is 0 Å². The molecule has 0 fully saturated rings. The molecule has 0 saturated carbocycles. The van der Waals surface area contributed by atoms with E-state index >= 15 is 0 Å². The molecule has 0 amide bonds. The van der Waals surface area contributed by atoms with Gasteiger partial charge in [0.1, 0.15) is 11.5 Å². The number of hydrogen-bond donors (Lipinski definition) is 3. The van der Waals surface area contributed by atoms with Gasteiger partial charge < -0.3 is 11.1 Å². The maximum Gasteiger partial charge on any atom is 0.273 e. The van der Waals surface area contributed by atoms with E-state index in [0.717, 1.165) is 0 Å². The number of aromatic amines is 1. The van der Waals surface area contributed by atoms with Crippen LogP contribution in [0.5, 0.6) is 0 Å². The molecule has 24 heavy (non-hydrogen) atoms. The van der Waals surface area contributed by atoms with Gasteiger partial charge in [-0.25, -0.2) is 4.68 Å². The molecule has 0 atom stereocenters. The molecule has 3 rings (SSSR count). The summed E-state index contributed by atoms with van der Waals surface area (Å²) in [6.07, 6.45) is 0. The van der Waals surface area contributed by atoms with Crippen LogP contribution >= 0.6 is 46.4 Å². The third-order valence-electron chi connectivity index (χ3n) is 3.19. The molecule has 1 heterocycles. The normalized spacial score (nSPS) is 10.8. The minimum Gasteiger partial charge on any atom is -0.399 e. The first-order valence-corrected chi connectivity index (χ1v) is 8.15. The summed E-state index contributed by atoms with van der Waals surface area (Å²) in [6, 6.07) is 9.33. The maximum atomic E-state index is 12.3. The van der Waals surface area contributed by atoms with Crippen LogP contribution in [0.15, 0.2) is 41.2 Å². The summed E-state index contributed by atoms with van der Waals surface area (Å²) in [5, 5.41) is 7.18. The quantitative estimate of drug-likeness (QED) is 0.532. The fourth-order valence-electron chi connectivity index (χ4n) is 2.16. The van der Waals surface area contributed by atoms with Crippen LogP contribution in [0.1, 0.15) is 0 Å². The second-order valence-electron chi connectivity index (χ2n) is 4.93. The van der Waals surface area contributed by atoms with Gasteiger partial charge in [0.05, 0.1) is 20.8 Å².